The fourth-order valence-corrected chi connectivity index (χ4v) is 0.426. The first kappa shape index (κ1) is 8.01. The number of rotatable bonds is 2. The van der Waals surface area contributed by atoms with E-state index in [0.717, 1.165) is 6.42 Å². The molecule has 52 valence electrons. The summed E-state index contributed by atoms with van der Waals surface area (Å²) in [5.41, 5.74) is 12.2. The van der Waals surface area contributed by atoms with Crippen LogP contribution in [-0.2, 0) is 0 Å². The van der Waals surface area contributed by atoms with E-state index in [2.05, 4.69) is 4.99 Å². The second-order valence-corrected chi connectivity index (χ2v) is 1.72. The molecule has 0 aliphatic rings. The van der Waals surface area contributed by atoms with Gasteiger partial charge in [0, 0.05) is 19.0 Å². The fraction of sp³-hybridized carbons (Fsp3) is 0.500. The van der Waals surface area contributed by atoms with E-state index in [4.69, 9.17) is 11.5 Å². The van der Waals surface area contributed by atoms with Gasteiger partial charge in [0.05, 0.1) is 5.70 Å². The Labute approximate surface area is 55.4 Å². The molecule has 0 aliphatic carbocycles. The number of nitrogens with zero attached hydrogens (tertiary/aromatic N) is 1. The minimum absolute atomic E-state index is 0.569. The molecular weight excluding hydrogens is 114 g/mol. The zero-order chi connectivity index (χ0) is 7.28. The second-order valence-electron chi connectivity index (χ2n) is 1.72. The summed E-state index contributed by atoms with van der Waals surface area (Å²) in [6.45, 7) is 1.95. The van der Waals surface area contributed by atoms with Gasteiger partial charge in [-0.3, -0.25) is 4.99 Å². The Bertz CT molecular complexity index is 135. The van der Waals surface area contributed by atoms with Gasteiger partial charge in [0.15, 0.2) is 0 Å². The average Bonchev–Trinajstić information content (AvgIpc) is 1.87. The Kier molecular flexibility index (Phi) is 3.51. The van der Waals surface area contributed by atoms with E-state index in [-0.39, 0.29) is 0 Å². The van der Waals surface area contributed by atoms with Crippen LogP contribution in [0, 0.1) is 0 Å². The number of allylic oxidation sites excluding steroid dienone is 2. The smallest absolute Gasteiger partial charge is 0.0685 e. The molecule has 0 fully saturated rings. The van der Waals surface area contributed by atoms with Crippen molar-refractivity contribution < 1.29 is 0 Å². The molecule has 0 radical (unpaired) electrons. The molecule has 0 aromatic rings. The molecule has 0 aromatic heterocycles. The topological polar surface area (TPSA) is 64.4 Å². The summed E-state index contributed by atoms with van der Waals surface area (Å²) in [5.74, 6) is 0. The first-order chi connectivity index (χ1) is 4.22. The lowest BCUT2D eigenvalue weighted by molar-refractivity contribution is 1.04. The lowest BCUT2D eigenvalue weighted by Gasteiger charge is -1.96. The largest absolute Gasteiger partial charge is 0.400 e. The van der Waals surface area contributed by atoms with Crippen molar-refractivity contribution in [2.75, 3.05) is 7.05 Å². The van der Waals surface area contributed by atoms with Crippen molar-refractivity contribution in [3.63, 3.8) is 0 Å². The van der Waals surface area contributed by atoms with Crippen LogP contribution in [0.25, 0.3) is 0 Å². The molecule has 3 nitrogen and oxygen atoms in total. The highest BCUT2D eigenvalue weighted by Gasteiger charge is 1.89. The van der Waals surface area contributed by atoms with Crippen molar-refractivity contribution in [3.05, 3.63) is 11.4 Å². The van der Waals surface area contributed by atoms with E-state index in [1.807, 2.05) is 6.92 Å². The van der Waals surface area contributed by atoms with Crippen molar-refractivity contribution in [1.29, 1.82) is 0 Å². The first-order valence-electron chi connectivity index (χ1n) is 2.88. The quantitative estimate of drug-likeness (QED) is 0.521. The summed E-state index contributed by atoms with van der Waals surface area (Å²) < 4.78 is 0. The number of nitrogens with two attached hydrogens (primary N) is 2. The van der Waals surface area contributed by atoms with E-state index >= 15 is 0 Å². The average molecular weight is 127 g/mol. The summed E-state index contributed by atoms with van der Waals surface area (Å²) in [6, 6.07) is 0. The van der Waals surface area contributed by atoms with E-state index in [9.17, 15) is 0 Å². The zero-order valence-electron chi connectivity index (χ0n) is 5.89. The van der Waals surface area contributed by atoms with Gasteiger partial charge < -0.3 is 11.5 Å². The maximum Gasteiger partial charge on any atom is 0.0685 e. The molecule has 0 bridgehead atoms. The minimum atomic E-state index is 0.569. The number of aliphatic imine (C=N–C) groups is 1. The van der Waals surface area contributed by atoms with Crippen LogP contribution in [0.5, 0.6) is 0 Å². The Balaban J connectivity index is 4.10. The summed E-state index contributed by atoms with van der Waals surface area (Å²) >= 11 is 0. The predicted octanol–water partition coefficient (Wildman–Crippen LogP) is 0.226. The third-order valence-electron chi connectivity index (χ3n) is 1.02. The van der Waals surface area contributed by atoms with Crippen LogP contribution >= 0.6 is 0 Å². The van der Waals surface area contributed by atoms with Gasteiger partial charge >= 0.3 is 0 Å². The molecule has 0 saturated carbocycles. The van der Waals surface area contributed by atoms with Crippen molar-refractivity contribution in [3.8, 4) is 0 Å². The molecule has 0 spiro atoms. The molecular formula is C6H13N3. The lowest BCUT2D eigenvalue weighted by atomic mass is 10.3. The van der Waals surface area contributed by atoms with Crippen LogP contribution in [0.15, 0.2) is 16.4 Å². The number of hydrogen-bond acceptors (Lipinski definition) is 3. The molecule has 0 saturated heterocycles. The molecule has 0 rings (SSSR count). The Morgan fingerprint density at radius 1 is 1.56 bits per heavy atom. The maximum atomic E-state index is 5.47. The van der Waals surface area contributed by atoms with Crippen LogP contribution < -0.4 is 11.5 Å². The highest BCUT2D eigenvalue weighted by Crippen LogP contribution is 1.92. The van der Waals surface area contributed by atoms with Gasteiger partial charge in [0.25, 0.3) is 0 Å². The normalized spacial score (nSPS) is 14.0. The molecule has 9 heavy (non-hydrogen) atoms. The van der Waals surface area contributed by atoms with Crippen LogP contribution in [0.3, 0.4) is 0 Å². The van der Waals surface area contributed by atoms with Crippen molar-refractivity contribution in [2.24, 2.45) is 16.5 Å². The van der Waals surface area contributed by atoms with E-state index < -0.39 is 0 Å². The lowest BCUT2D eigenvalue weighted by Crippen LogP contribution is -2.09. The Morgan fingerprint density at radius 3 is 2.44 bits per heavy atom. The highest BCUT2D eigenvalue weighted by molar-refractivity contribution is 5.77. The standard InChI is InChI=1S/C6H13N3/c1-3-5(7)6(8)4-9-2/h4H,3,7-8H2,1-2H3. The van der Waals surface area contributed by atoms with Crippen LogP contribution in [-0.4, -0.2) is 13.3 Å². The van der Waals surface area contributed by atoms with Crippen LogP contribution in [0.1, 0.15) is 13.3 Å². The van der Waals surface area contributed by atoms with Crippen molar-refractivity contribution in [2.45, 2.75) is 13.3 Å². The van der Waals surface area contributed by atoms with E-state index in [1.54, 1.807) is 13.3 Å². The van der Waals surface area contributed by atoms with Gasteiger partial charge in [-0.25, -0.2) is 0 Å². The maximum absolute atomic E-state index is 5.47. The molecule has 0 aromatic carbocycles. The molecule has 3 heteroatoms. The van der Waals surface area contributed by atoms with Crippen LogP contribution in [0.2, 0.25) is 0 Å². The van der Waals surface area contributed by atoms with Gasteiger partial charge in [-0.15, -0.1) is 0 Å². The Morgan fingerprint density at radius 2 is 2.11 bits per heavy atom. The van der Waals surface area contributed by atoms with Crippen molar-refractivity contribution >= 4 is 6.21 Å². The van der Waals surface area contributed by atoms with Gasteiger partial charge in [-0.05, 0) is 6.42 Å². The molecule has 0 amide bonds. The molecule has 0 aliphatic heterocycles. The monoisotopic (exact) mass is 127 g/mol. The predicted molar refractivity (Wildman–Crippen MR) is 40.1 cm³/mol. The molecule has 0 atom stereocenters. The number of hydrogen-bond donors (Lipinski definition) is 2. The Hall–Kier alpha value is -0.990. The zero-order valence-corrected chi connectivity index (χ0v) is 5.89. The van der Waals surface area contributed by atoms with Crippen molar-refractivity contribution in [1.82, 2.24) is 0 Å². The summed E-state index contributed by atoms with van der Waals surface area (Å²) in [6.07, 6.45) is 2.33. The van der Waals surface area contributed by atoms with E-state index in [1.165, 1.54) is 0 Å². The SMILES string of the molecule is CCC(N)=C(N)C=NC. The minimum Gasteiger partial charge on any atom is -0.400 e. The van der Waals surface area contributed by atoms with E-state index in [0.29, 0.717) is 11.4 Å². The molecule has 4 N–H and O–H groups in total. The summed E-state index contributed by atoms with van der Waals surface area (Å²) in [4.78, 5) is 3.72. The van der Waals surface area contributed by atoms with Gasteiger partial charge in [0.1, 0.15) is 0 Å². The molecule has 0 heterocycles. The van der Waals surface area contributed by atoms with Gasteiger partial charge in [-0.1, -0.05) is 6.92 Å². The summed E-state index contributed by atoms with van der Waals surface area (Å²) in [7, 11) is 1.66. The third kappa shape index (κ3) is 2.74. The summed E-state index contributed by atoms with van der Waals surface area (Å²) in [5, 5.41) is 0. The highest BCUT2D eigenvalue weighted by atomic mass is 14.7. The van der Waals surface area contributed by atoms with Gasteiger partial charge in [0.2, 0.25) is 0 Å². The van der Waals surface area contributed by atoms with Gasteiger partial charge in [-0.2, -0.15) is 0 Å². The second kappa shape index (κ2) is 3.95. The third-order valence-corrected chi connectivity index (χ3v) is 1.02. The molecule has 0 unspecified atom stereocenters. The fourth-order valence-electron chi connectivity index (χ4n) is 0.426. The van der Waals surface area contributed by atoms with Crippen LogP contribution in [0.4, 0.5) is 0 Å². The first-order valence-corrected chi connectivity index (χ1v) is 2.88.